The average molecular weight is 239 g/mol. The molecule has 0 atom stereocenters. The maximum Gasteiger partial charge on any atom is 0.257 e. The molecule has 0 aliphatic heterocycles. The van der Waals surface area contributed by atoms with Gasteiger partial charge in [0.2, 0.25) is 0 Å². The molecule has 0 unspecified atom stereocenters. The maximum atomic E-state index is 13.1. The van der Waals surface area contributed by atoms with E-state index in [0.717, 1.165) is 12.6 Å². The maximum absolute atomic E-state index is 13.1. The summed E-state index contributed by atoms with van der Waals surface area (Å²) in [6, 6.07) is 1.22. The Labute approximate surface area is 101 Å². The fourth-order valence-corrected chi connectivity index (χ4v) is 1.34. The third-order valence-corrected chi connectivity index (χ3v) is 2.45. The summed E-state index contributed by atoms with van der Waals surface area (Å²) in [5.41, 5.74) is 0.280. The normalized spacial score (nSPS) is 10.1. The molecule has 1 aromatic rings. The lowest BCUT2D eigenvalue weighted by Gasteiger charge is -2.17. The molecular weight excluding hydrogens is 221 g/mol. The van der Waals surface area contributed by atoms with Crippen LogP contribution in [0.15, 0.2) is 12.3 Å². The summed E-state index contributed by atoms with van der Waals surface area (Å²) in [5.74, 6) is -0.281. The first-order chi connectivity index (χ1) is 8.10. The smallest absolute Gasteiger partial charge is 0.257 e. The number of anilines is 1. The van der Waals surface area contributed by atoms with E-state index < -0.39 is 5.82 Å². The number of pyridine rings is 1. The molecule has 0 saturated heterocycles. The van der Waals surface area contributed by atoms with Gasteiger partial charge in [0.05, 0.1) is 11.8 Å². The van der Waals surface area contributed by atoms with Crippen molar-refractivity contribution in [3.05, 3.63) is 23.6 Å². The van der Waals surface area contributed by atoms with Crippen molar-refractivity contribution in [2.24, 2.45) is 0 Å². The van der Waals surface area contributed by atoms with Crippen molar-refractivity contribution >= 4 is 11.7 Å². The van der Waals surface area contributed by atoms with Crippen molar-refractivity contribution in [1.29, 1.82) is 0 Å². The van der Waals surface area contributed by atoms with E-state index >= 15 is 0 Å². The van der Waals surface area contributed by atoms with Crippen LogP contribution in [-0.4, -0.2) is 35.9 Å². The highest BCUT2D eigenvalue weighted by Gasteiger charge is 2.16. The average Bonchev–Trinajstić information content (AvgIpc) is 2.35. The highest BCUT2D eigenvalue weighted by molar-refractivity contribution is 5.98. The van der Waals surface area contributed by atoms with E-state index in [2.05, 4.69) is 10.3 Å². The van der Waals surface area contributed by atoms with Gasteiger partial charge in [0.1, 0.15) is 11.6 Å². The van der Waals surface area contributed by atoms with Gasteiger partial charge in [-0.05, 0) is 19.4 Å². The molecule has 94 valence electrons. The number of hydrogen-bond donors (Lipinski definition) is 1. The summed E-state index contributed by atoms with van der Waals surface area (Å²) in [5, 5.41) is 3.02. The molecule has 4 nitrogen and oxygen atoms in total. The van der Waals surface area contributed by atoms with Gasteiger partial charge in [0, 0.05) is 20.1 Å². The Hall–Kier alpha value is -1.65. The van der Waals surface area contributed by atoms with Crippen LogP contribution in [0.4, 0.5) is 10.2 Å². The van der Waals surface area contributed by atoms with Crippen molar-refractivity contribution in [2.75, 3.05) is 25.5 Å². The van der Waals surface area contributed by atoms with Crippen molar-refractivity contribution < 1.29 is 9.18 Å². The van der Waals surface area contributed by atoms with Crippen LogP contribution in [0.1, 0.15) is 30.6 Å². The molecule has 0 aliphatic rings. The first-order valence-electron chi connectivity index (χ1n) is 5.75. The molecule has 17 heavy (non-hydrogen) atoms. The highest BCUT2D eigenvalue weighted by Crippen LogP contribution is 2.15. The molecular formula is C12H18FN3O. The summed E-state index contributed by atoms with van der Waals surface area (Å²) in [6.07, 6.45) is 2.02. The minimum absolute atomic E-state index is 0.224. The van der Waals surface area contributed by atoms with Crippen molar-refractivity contribution in [3.8, 4) is 0 Å². The molecule has 0 spiro atoms. The molecule has 0 aliphatic carbocycles. The van der Waals surface area contributed by atoms with Crippen LogP contribution < -0.4 is 5.32 Å². The molecule has 0 saturated carbocycles. The largest absolute Gasteiger partial charge is 0.369 e. The Kier molecular flexibility index (Phi) is 4.87. The predicted molar refractivity (Wildman–Crippen MR) is 65.6 cm³/mol. The second-order valence-corrected chi connectivity index (χ2v) is 3.80. The number of amides is 1. The lowest BCUT2D eigenvalue weighted by atomic mass is 10.2. The molecule has 0 fully saturated rings. The van der Waals surface area contributed by atoms with Gasteiger partial charge in [-0.15, -0.1) is 0 Å². The number of carbonyl (C=O) groups excluding carboxylic acids is 1. The van der Waals surface area contributed by atoms with E-state index in [9.17, 15) is 9.18 Å². The van der Waals surface area contributed by atoms with Gasteiger partial charge in [-0.3, -0.25) is 4.79 Å². The van der Waals surface area contributed by atoms with Crippen LogP contribution in [-0.2, 0) is 0 Å². The lowest BCUT2D eigenvalue weighted by molar-refractivity contribution is 0.0802. The first-order valence-corrected chi connectivity index (χ1v) is 5.75. The number of aromatic nitrogens is 1. The number of halogens is 1. The molecule has 1 rings (SSSR count). The minimum Gasteiger partial charge on any atom is -0.369 e. The summed E-state index contributed by atoms with van der Waals surface area (Å²) in [6.45, 7) is 5.15. The van der Waals surface area contributed by atoms with Crippen molar-refractivity contribution in [1.82, 2.24) is 9.88 Å². The zero-order valence-corrected chi connectivity index (χ0v) is 10.5. The fraction of sp³-hybridized carbons (Fsp3) is 0.500. The van der Waals surface area contributed by atoms with E-state index in [4.69, 9.17) is 0 Å². The zero-order chi connectivity index (χ0) is 12.8. The third kappa shape index (κ3) is 3.41. The Morgan fingerprint density at radius 2 is 2.24 bits per heavy atom. The van der Waals surface area contributed by atoms with Crippen LogP contribution in [0.25, 0.3) is 0 Å². The van der Waals surface area contributed by atoms with Gasteiger partial charge in [-0.25, -0.2) is 9.37 Å². The highest BCUT2D eigenvalue weighted by atomic mass is 19.1. The fourth-order valence-electron chi connectivity index (χ4n) is 1.34. The summed E-state index contributed by atoms with van der Waals surface area (Å²) < 4.78 is 13.1. The third-order valence-electron chi connectivity index (χ3n) is 2.45. The van der Waals surface area contributed by atoms with E-state index in [1.165, 1.54) is 11.0 Å². The van der Waals surface area contributed by atoms with E-state index in [0.29, 0.717) is 18.9 Å². The van der Waals surface area contributed by atoms with E-state index in [1.807, 2.05) is 13.8 Å². The number of rotatable bonds is 5. The van der Waals surface area contributed by atoms with Gasteiger partial charge in [0.25, 0.3) is 5.91 Å². The van der Waals surface area contributed by atoms with Crippen LogP contribution in [0.5, 0.6) is 0 Å². The molecule has 1 heterocycles. The van der Waals surface area contributed by atoms with Crippen LogP contribution in [0.2, 0.25) is 0 Å². The Morgan fingerprint density at radius 1 is 1.53 bits per heavy atom. The molecule has 0 aromatic carbocycles. The monoisotopic (exact) mass is 239 g/mol. The summed E-state index contributed by atoms with van der Waals surface area (Å²) >= 11 is 0. The molecule has 1 aromatic heterocycles. The Balaban J connectivity index is 3.01. The van der Waals surface area contributed by atoms with Crippen LogP contribution in [0, 0.1) is 5.82 Å². The minimum atomic E-state index is -0.500. The van der Waals surface area contributed by atoms with Crippen LogP contribution >= 0.6 is 0 Å². The Morgan fingerprint density at radius 3 is 2.82 bits per heavy atom. The zero-order valence-electron chi connectivity index (χ0n) is 10.5. The first kappa shape index (κ1) is 13.4. The van der Waals surface area contributed by atoms with Crippen molar-refractivity contribution in [2.45, 2.75) is 20.3 Å². The summed E-state index contributed by atoms with van der Waals surface area (Å²) in [4.78, 5) is 17.4. The van der Waals surface area contributed by atoms with Crippen LogP contribution in [0.3, 0.4) is 0 Å². The second kappa shape index (κ2) is 6.18. The molecule has 1 N–H and O–H groups in total. The van der Waals surface area contributed by atoms with Crippen molar-refractivity contribution in [3.63, 3.8) is 0 Å². The quantitative estimate of drug-likeness (QED) is 0.856. The van der Waals surface area contributed by atoms with Gasteiger partial charge in [-0.1, -0.05) is 6.92 Å². The number of carbonyl (C=O) groups is 1. The second-order valence-electron chi connectivity index (χ2n) is 3.80. The Bertz CT molecular complexity index is 395. The lowest BCUT2D eigenvalue weighted by Crippen LogP contribution is -2.27. The molecule has 0 radical (unpaired) electrons. The number of nitrogens with zero attached hydrogens (tertiary/aromatic N) is 2. The molecule has 0 bridgehead atoms. The topological polar surface area (TPSA) is 45.2 Å². The number of hydrogen-bond acceptors (Lipinski definition) is 3. The van der Waals surface area contributed by atoms with Gasteiger partial charge in [0.15, 0.2) is 0 Å². The van der Waals surface area contributed by atoms with E-state index in [-0.39, 0.29) is 11.5 Å². The van der Waals surface area contributed by atoms with Gasteiger partial charge >= 0.3 is 0 Å². The van der Waals surface area contributed by atoms with Gasteiger partial charge in [-0.2, -0.15) is 0 Å². The summed E-state index contributed by atoms with van der Waals surface area (Å²) in [7, 11) is 1.68. The standard InChI is InChI=1S/C12H18FN3O/c1-4-6-14-11-10(7-9(13)8-15-11)12(17)16(3)5-2/h7-8H,4-6H2,1-3H3,(H,14,15). The predicted octanol–water partition coefficient (Wildman–Crippen LogP) is 2.13. The molecule has 1 amide bonds. The number of nitrogens with one attached hydrogen (secondary N) is 1. The van der Waals surface area contributed by atoms with E-state index in [1.54, 1.807) is 7.05 Å². The SMILES string of the molecule is CCCNc1ncc(F)cc1C(=O)N(C)CC. The van der Waals surface area contributed by atoms with Gasteiger partial charge < -0.3 is 10.2 Å². The molecule has 5 heteroatoms.